The maximum Gasteiger partial charge on any atom is 0.117 e. The molecule has 0 saturated heterocycles. The van der Waals surface area contributed by atoms with Crippen LogP contribution in [-0.2, 0) is 0 Å². The Balaban J connectivity index is 1.78. The van der Waals surface area contributed by atoms with Crippen molar-refractivity contribution in [3.05, 3.63) is 84.6 Å². The number of thioether (sulfide) groups is 1. The van der Waals surface area contributed by atoms with Crippen molar-refractivity contribution in [3.63, 3.8) is 0 Å². The summed E-state index contributed by atoms with van der Waals surface area (Å²) in [5, 5.41) is 12.5. The smallest absolute Gasteiger partial charge is 0.117 e. The highest BCUT2D eigenvalue weighted by Gasteiger charge is 2.39. The summed E-state index contributed by atoms with van der Waals surface area (Å²) >= 11 is 1.88. The van der Waals surface area contributed by atoms with Gasteiger partial charge in [0.2, 0.25) is 0 Å². The van der Waals surface area contributed by atoms with Crippen molar-refractivity contribution in [2.45, 2.75) is 22.7 Å². The van der Waals surface area contributed by atoms with Gasteiger partial charge in [-0.05, 0) is 36.3 Å². The minimum absolute atomic E-state index is 0.256. The molecule has 132 valence electrons. The van der Waals surface area contributed by atoms with Gasteiger partial charge in [-0.3, -0.25) is 0 Å². The summed E-state index contributed by atoms with van der Waals surface area (Å²) in [5.41, 5.74) is 4.55. The zero-order valence-electron chi connectivity index (χ0n) is 14.9. The molecule has 2 unspecified atom stereocenters. The van der Waals surface area contributed by atoms with Crippen LogP contribution in [-0.4, -0.2) is 21.4 Å². The third kappa shape index (κ3) is 2.43. The lowest BCUT2D eigenvalue weighted by molar-refractivity contribution is 0.320. The van der Waals surface area contributed by atoms with E-state index in [0.717, 1.165) is 12.1 Å². The van der Waals surface area contributed by atoms with Gasteiger partial charge in [0, 0.05) is 23.5 Å². The largest absolute Gasteiger partial charge is 0.347 e. The summed E-state index contributed by atoms with van der Waals surface area (Å²) in [6.07, 6.45) is 5.06. The molecular formula is C23H19N3S. The quantitative estimate of drug-likeness (QED) is 0.576. The summed E-state index contributed by atoms with van der Waals surface area (Å²) in [6.45, 7) is 4.58. The van der Waals surface area contributed by atoms with Crippen molar-refractivity contribution in [1.29, 1.82) is 5.26 Å². The number of nitrogens with zero attached hydrogens (tertiary/aromatic N) is 3. The number of rotatable bonds is 3. The molecule has 2 aromatic carbocycles. The lowest BCUT2D eigenvalue weighted by Crippen LogP contribution is -2.38. The Morgan fingerprint density at radius 1 is 1.15 bits per heavy atom. The van der Waals surface area contributed by atoms with Crippen LogP contribution in [0.25, 0.3) is 16.6 Å². The summed E-state index contributed by atoms with van der Waals surface area (Å²) in [4.78, 5) is 2.18. The molecule has 1 aromatic heterocycles. The van der Waals surface area contributed by atoms with Crippen molar-refractivity contribution in [1.82, 2.24) is 9.47 Å². The average Bonchev–Trinajstić information content (AvgIpc) is 3.05. The molecule has 3 aromatic rings. The van der Waals surface area contributed by atoms with Crippen LogP contribution in [0.4, 0.5) is 0 Å². The van der Waals surface area contributed by atoms with E-state index < -0.39 is 0 Å². The molecule has 27 heavy (non-hydrogen) atoms. The van der Waals surface area contributed by atoms with Gasteiger partial charge in [-0.25, -0.2) is 0 Å². The molecule has 2 atom stereocenters. The minimum atomic E-state index is 0.256. The number of hydrogen-bond donors (Lipinski definition) is 0. The summed E-state index contributed by atoms with van der Waals surface area (Å²) < 4.78 is 2.38. The number of aromatic nitrogens is 1. The fourth-order valence-electron chi connectivity index (χ4n) is 4.30. The standard InChI is InChI=1S/C23H19N3S/c1-2-12-25-18(15-24)13-16-14-21(25)27-23-22(16)19-10-6-7-11-20(19)26(23)17-8-4-3-5-9-17/h2-11,13,16,21H,1,12,14H2. The highest BCUT2D eigenvalue weighted by atomic mass is 32.2. The van der Waals surface area contributed by atoms with Crippen LogP contribution in [0.1, 0.15) is 17.9 Å². The average molecular weight is 369 g/mol. The van der Waals surface area contributed by atoms with Crippen LogP contribution in [0.3, 0.4) is 0 Å². The van der Waals surface area contributed by atoms with E-state index in [4.69, 9.17) is 0 Å². The molecule has 4 heteroatoms. The van der Waals surface area contributed by atoms with E-state index in [1.165, 1.54) is 27.2 Å². The maximum absolute atomic E-state index is 9.68. The van der Waals surface area contributed by atoms with E-state index in [0.29, 0.717) is 6.54 Å². The molecule has 5 rings (SSSR count). The minimum Gasteiger partial charge on any atom is -0.347 e. The van der Waals surface area contributed by atoms with E-state index in [2.05, 4.69) is 82.8 Å². The van der Waals surface area contributed by atoms with Gasteiger partial charge in [0.25, 0.3) is 0 Å². The number of nitriles is 1. The van der Waals surface area contributed by atoms with Gasteiger partial charge in [0.1, 0.15) is 11.8 Å². The molecule has 0 fully saturated rings. The highest BCUT2D eigenvalue weighted by molar-refractivity contribution is 8.00. The molecule has 2 aliphatic rings. The fraction of sp³-hybridized carbons (Fsp3) is 0.174. The summed E-state index contributed by atoms with van der Waals surface area (Å²) in [6, 6.07) is 21.6. The van der Waals surface area contributed by atoms with Crippen LogP contribution < -0.4 is 0 Å². The first-order valence-electron chi connectivity index (χ1n) is 9.16. The van der Waals surface area contributed by atoms with Gasteiger partial charge in [-0.2, -0.15) is 5.26 Å². The van der Waals surface area contributed by atoms with Crippen molar-refractivity contribution in [2.75, 3.05) is 6.54 Å². The first kappa shape index (κ1) is 16.3. The van der Waals surface area contributed by atoms with Crippen LogP contribution in [0.15, 0.2) is 84.1 Å². The van der Waals surface area contributed by atoms with Gasteiger partial charge >= 0.3 is 0 Å². The van der Waals surface area contributed by atoms with Gasteiger partial charge < -0.3 is 9.47 Å². The van der Waals surface area contributed by atoms with Crippen LogP contribution in [0.5, 0.6) is 0 Å². The molecule has 0 N–H and O–H groups in total. The molecule has 2 aliphatic heterocycles. The lowest BCUT2D eigenvalue weighted by Gasteiger charge is -2.41. The van der Waals surface area contributed by atoms with Crippen molar-refractivity contribution < 1.29 is 0 Å². The molecular weight excluding hydrogens is 350 g/mol. The van der Waals surface area contributed by atoms with E-state index in [-0.39, 0.29) is 11.3 Å². The summed E-state index contributed by atoms with van der Waals surface area (Å²) in [7, 11) is 0. The van der Waals surface area contributed by atoms with E-state index in [1.807, 2.05) is 17.8 Å². The Labute approximate surface area is 163 Å². The number of hydrogen-bond acceptors (Lipinski definition) is 3. The monoisotopic (exact) mass is 369 g/mol. The SMILES string of the molecule is C=CCN1C(C#N)=CC2CC1Sc1c2c2ccccc2n1-c1ccccc1. The normalized spacial score (nSPS) is 20.7. The van der Waals surface area contributed by atoms with Gasteiger partial charge in [0.15, 0.2) is 0 Å². The Bertz CT molecular complexity index is 1100. The predicted octanol–water partition coefficient (Wildman–Crippen LogP) is 5.45. The molecule has 3 heterocycles. The third-order valence-electron chi connectivity index (χ3n) is 5.41. The second-order valence-electron chi connectivity index (χ2n) is 6.93. The molecule has 2 bridgehead atoms. The summed E-state index contributed by atoms with van der Waals surface area (Å²) in [5.74, 6) is 0.275. The van der Waals surface area contributed by atoms with Crippen molar-refractivity contribution in [3.8, 4) is 11.8 Å². The van der Waals surface area contributed by atoms with Crippen molar-refractivity contribution >= 4 is 22.7 Å². The molecule has 0 amide bonds. The first-order valence-corrected chi connectivity index (χ1v) is 10.0. The molecule has 0 spiro atoms. The van der Waals surface area contributed by atoms with Crippen LogP contribution in [0.2, 0.25) is 0 Å². The van der Waals surface area contributed by atoms with Crippen LogP contribution >= 0.6 is 11.8 Å². The topological polar surface area (TPSA) is 32.0 Å². The number of para-hydroxylation sites is 2. The molecule has 0 aliphatic carbocycles. The second-order valence-corrected chi connectivity index (χ2v) is 8.09. The van der Waals surface area contributed by atoms with E-state index in [9.17, 15) is 5.26 Å². The highest BCUT2D eigenvalue weighted by Crippen LogP contribution is 2.52. The number of allylic oxidation sites excluding steroid dienone is 2. The van der Waals surface area contributed by atoms with Gasteiger partial charge in [-0.1, -0.05) is 54.2 Å². The zero-order valence-corrected chi connectivity index (χ0v) is 15.7. The lowest BCUT2D eigenvalue weighted by atomic mass is 9.90. The van der Waals surface area contributed by atoms with Crippen molar-refractivity contribution in [2.24, 2.45) is 0 Å². The van der Waals surface area contributed by atoms with Crippen LogP contribution in [0, 0.1) is 11.3 Å². The molecule has 0 saturated carbocycles. The Morgan fingerprint density at radius 3 is 2.70 bits per heavy atom. The Kier molecular flexibility index (Phi) is 3.84. The molecule has 0 radical (unpaired) electrons. The zero-order chi connectivity index (χ0) is 18.4. The molecule has 3 nitrogen and oxygen atoms in total. The van der Waals surface area contributed by atoms with Gasteiger partial charge in [0.05, 0.1) is 15.9 Å². The Hall–Kier alpha value is -2.90. The Morgan fingerprint density at radius 2 is 1.93 bits per heavy atom. The third-order valence-corrected chi connectivity index (χ3v) is 6.76. The first-order chi connectivity index (χ1) is 13.3. The number of benzene rings is 2. The predicted molar refractivity (Wildman–Crippen MR) is 111 cm³/mol. The second kappa shape index (κ2) is 6.37. The fourth-order valence-corrected chi connectivity index (χ4v) is 5.89. The van der Waals surface area contributed by atoms with E-state index >= 15 is 0 Å². The van der Waals surface area contributed by atoms with E-state index in [1.54, 1.807) is 0 Å². The van der Waals surface area contributed by atoms with Gasteiger partial charge in [-0.15, -0.1) is 6.58 Å². The maximum atomic E-state index is 9.68. The number of fused-ring (bicyclic) bond motifs is 6.